The summed E-state index contributed by atoms with van der Waals surface area (Å²) in [6.07, 6.45) is 4.10. The summed E-state index contributed by atoms with van der Waals surface area (Å²) in [7, 11) is 0. The first-order chi connectivity index (χ1) is 9.28. The number of aromatic nitrogens is 2. The molecule has 19 heavy (non-hydrogen) atoms. The summed E-state index contributed by atoms with van der Waals surface area (Å²) >= 11 is 1.48. The lowest BCUT2D eigenvalue weighted by Gasteiger charge is -2.21. The van der Waals surface area contributed by atoms with Crippen molar-refractivity contribution in [3.05, 3.63) is 5.82 Å². The number of anilines is 1. The van der Waals surface area contributed by atoms with Gasteiger partial charge in [-0.15, -0.1) is 0 Å². The van der Waals surface area contributed by atoms with Crippen molar-refractivity contribution in [2.75, 3.05) is 31.1 Å². The lowest BCUT2D eigenvalue weighted by Crippen LogP contribution is -2.36. The molecule has 0 unspecified atom stereocenters. The summed E-state index contributed by atoms with van der Waals surface area (Å²) in [4.78, 5) is 20.9. The fourth-order valence-corrected chi connectivity index (χ4v) is 3.24. The predicted octanol–water partition coefficient (Wildman–Crippen LogP) is 1.55. The fraction of sp³-hybridized carbons (Fsp3) is 0.769. The maximum Gasteiger partial charge on any atom is 0.225 e. The van der Waals surface area contributed by atoms with Crippen molar-refractivity contribution in [1.29, 1.82) is 0 Å². The molecule has 1 aliphatic carbocycles. The highest BCUT2D eigenvalue weighted by molar-refractivity contribution is 7.09. The lowest BCUT2D eigenvalue weighted by molar-refractivity contribution is -0.132. The highest BCUT2D eigenvalue weighted by Crippen LogP contribution is 2.31. The van der Waals surface area contributed by atoms with Crippen LogP contribution in [0.2, 0.25) is 0 Å². The largest absolute Gasteiger partial charge is 0.345 e. The van der Waals surface area contributed by atoms with Crippen LogP contribution in [0.4, 0.5) is 5.13 Å². The Balaban J connectivity index is 1.61. The maximum absolute atomic E-state index is 12.1. The zero-order valence-corrected chi connectivity index (χ0v) is 12.2. The van der Waals surface area contributed by atoms with Gasteiger partial charge >= 0.3 is 0 Å². The Kier molecular flexibility index (Phi) is 3.68. The molecule has 5 nitrogen and oxygen atoms in total. The van der Waals surface area contributed by atoms with Gasteiger partial charge in [-0.05, 0) is 19.3 Å². The highest BCUT2D eigenvalue weighted by Gasteiger charge is 2.34. The van der Waals surface area contributed by atoms with E-state index in [1.807, 2.05) is 4.90 Å². The second-order valence-electron chi connectivity index (χ2n) is 5.29. The molecule has 1 amide bonds. The number of carbonyl (C=O) groups excluding carboxylic acids is 1. The Hall–Kier alpha value is -1.17. The topological polar surface area (TPSA) is 49.3 Å². The van der Waals surface area contributed by atoms with Gasteiger partial charge in [0.1, 0.15) is 5.82 Å². The van der Waals surface area contributed by atoms with Gasteiger partial charge in [-0.1, -0.05) is 6.92 Å². The second kappa shape index (κ2) is 5.45. The summed E-state index contributed by atoms with van der Waals surface area (Å²) < 4.78 is 4.34. The molecule has 0 radical (unpaired) electrons. The summed E-state index contributed by atoms with van der Waals surface area (Å²) in [5.74, 6) is 1.63. The van der Waals surface area contributed by atoms with E-state index in [4.69, 9.17) is 0 Å². The normalized spacial score (nSPS) is 20.5. The first-order valence-electron chi connectivity index (χ1n) is 7.14. The van der Waals surface area contributed by atoms with Crippen LogP contribution in [-0.2, 0) is 11.2 Å². The maximum atomic E-state index is 12.1. The van der Waals surface area contributed by atoms with E-state index in [1.54, 1.807) is 0 Å². The van der Waals surface area contributed by atoms with Crippen molar-refractivity contribution < 1.29 is 4.79 Å². The molecular weight excluding hydrogens is 260 g/mol. The van der Waals surface area contributed by atoms with Crippen molar-refractivity contribution in [1.82, 2.24) is 14.3 Å². The van der Waals surface area contributed by atoms with Gasteiger partial charge in [-0.2, -0.15) is 4.37 Å². The lowest BCUT2D eigenvalue weighted by atomic mass is 10.3. The van der Waals surface area contributed by atoms with Gasteiger partial charge in [0, 0.05) is 50.1 Å². The summed E-state index contributed by atoms with van der Waals surface area (Å²) in [6, 6.07) is 0. The van der Waals surface area contributed by atoms with E-state index >= 15 is 0 Å². The molecule has 3 rings (SSSR count). The minimum Gasteiger partial charge on any atom is -0.345 e. The molecule has 1 aromatic rings. The minimum absolute atomic E-state index is 0.333. The van der Waals surface area contributed by atoms with Gasteiger partial charge in [0.15, 0.2) is 0 Å². The Morgan fingerprint density at radius 1 is 1.32 bits per heavy atom. The van der Waals surface area contributed by atoms with Crippen molar-refractivity contribution in [3.8, 4) is 0 Å². The average Bonchev–Trinajstić information content (AvgIpc) is 3.21. The predicted molar refractivity (Wildman–Crippen MR) is 75.4 cm³/mol. The van der Waals surface area contributed by atoms with Crippen LogP contribution in [0.5, 0.6) is 0 Å². The minimum atomic E-state index is 0.333. The summed E-state index contributed by atoms with van der Waals surface area (Å²) in [5.41, 5.74) is 0. The van der Waals surface area contributed by atoms with Gasteiger partial charge in [0.25, 0.3) is 0 Å². The monoisotopic (exact) mass is 280 g/mol. The Morgan fingerprint density at radius 2 is 2.16 bits per heavy atom. The standard InChI is InChI=1S/C13H20N4OS/c1-2-11-14-13(19-15-11)17-7-3-6-16(8-9-17)12(18)10-4-5-10/h10H,2-9H2,1H3. The molecule has 0 spiro atoms. The first-order valence-corrected chi connectivity index (χ1v) is 7.91. The van der Waals surface area contributed by atoms with Crippen molar-refractivity contribution in [2.24, 2.45) is 5.92 Å². The van der Waals surface area contributed by atoms with Crippen LogP contribution in [0.25, 0.3) is 0 Å². The van der Waals surface area contributed by atoms with Gasteiger partial charge < -0.3 is 9.80 Å². The smallest absolute Gasteiger partial charge is 0.225 e. The van der Waals surface area contributed by atoms with Crippen LogP contribution < -0.4 is 4.90 Å². The molecule has 0 bridgehead atoms. The molecule has 1 aliphatic heterocycles. The highest BCUT2D eigenvalue weighted by atomic mass is 32.1. The van der Waals surface area contributed by atoms with Gasteiger partial charge in [-0.3, -0.25) is 4.79 Å². The van der Waals surface area contributed by atoms with E-state index in [1.165, 1.54) is 11.5 Å². The number of rotatable bonds is 3. The van der Waals surface area contributed by atoms with E-state index in [-0.39, 0.29) is 0 Å². The van der Waals surface area contributed by atoms with E-state index in [9.17, 15) is 4.79 Å². The first kappa shape index (κ1) is 12.8. The molecule has 2 fully saturated rings. The molecule has 2 heterocycles. The molecule has 1 aromatic heterocycles. The molecule has 2 aliphatic rings. The zero-order valence-electron chi connectivity index (χ0n) is 11.3. The van der Waals surface area contributed by atoms with Gasteiger partial charge in [0.2, 0.25) is 11.0 Å². The average molecular weight is 280 g/mol. The van der Waals surface area contributed by atoms with Crippen LogP contribution in [0, 0.1) is 5.92 Å². The van der Waals surface area contributed by atoms with Crippen LogP contribution in [0.3, 0.4) is 0 Å². The molecule has 0 atom stereocenters. The number of carbonyl (C=O) groups is 1. The molecule has 0 N–H and O–H groups in total. The van der Waals surface area contributed by atoms with Crippen LogP contribution in [0.1, 0.15) is 32.0 Å². The van der Waals surface area contributed by atoms with E-state index < -0.39 is 0 Å². The van der Waals surface area contributed by atoms with E-state index in [0.717, 1.165) is 62.8 Å². The zero-order chi connectivity index (χ0) is 13.2. The Morgan fingerprint density at radius 3 is 2.84 bits per heavy atom. The quantitative estimate of drug-likeness (QED) is 0.843. The van der Waals surface area contributed by atoms with Crippen LogP contribution in [0.15, 0.2) is 0 Å². The van der Waals surface area contributed by atoms with Crippen molar-refractivity contribution in [3.63, 3.8) is 0 Å². The third kappa shape index (κ3) is 2.88. The molecule has 0 aromatic carbocycles. The summed E-state index contributed by atoms with van der Waals surface area (Å²) in [5, 5.41) is 1.01. The number of nitrogens with zero attached hydrogens (tertiary/aromatic N) is 4. The van der Waals surface area contributed by atoms with Crippen molar-refractivity contribution >= 4 is 22.6 Å². The second-order valence-corrected chi connectivity index (χ2v) is 6.02. The Labute approximate surface area is 117 Å². The molecule has 6 heteroatoms. The number of aryl methyl sites for hydroxylation is 1. The third-order valence-electron chi connectivity index (χ3n) is 3.78. The molecule has 1 saturated carbocycles. The summed E-state index contributed by atoms with van der Waals surface area (Å²) in [6.45, 7) is 5.66. The third-order valence-corrected chi connectivity index (χ3v) is 4.59. The van der Waals surface area contributed by atoms with E-state index in [2.05, 4.69) is 21.2 Å². The van der Waals surface area contributed by atoms with Crippen molar-refractivity contribution in [2.45, 2.75) is 32.6 Å². The molecule has 1 saturated heterocycles. The SMILES string of the molecule is CCc1nsc(N2CCCN(C(=O)C3CC3)CC2)n1. The molecular formula is C13H20N4OS. The van der Waals surface area contributed by atoms with Gasteiger partial charge in [0.05, 0.1) is 0 Å². The Bertz CT molecular complexity index is 457. The molecule has 104 valence electrons. The fourth-order valence-electron chi connectivity index (χ4n) is 2.43. The number of hydrogen-bond acceptors (Lipinski definition) is 5. The number of amides is 1. The van der Waals surface area contributed by atoms with Gasteiger partial charge in [-0.25, -0.2) is 4.98 Å². The van der Waals surface area contributed by atoms with Crippen LogP contribution in [-0.4, -0.2) is 46.3 Å². The van der Waals surface area contributed by atoms with E-state index in [0.29, 0.717) is 11.8 Å². The van der Waals surface area contributed by atoms with Crippen LogP contribution >= 0.6 is 11.5 Å². The number of hydrogen-bond donors (Lipinski definition) is 0.